The molecule has 0 bridgehead atoms. The van der Waals surface area contributed by atoms with Crippen molar-refractivity contribution in [2.24, 2.45) is 11.8 Å². The molecule has 1 aromatic rings. The Balaban J connectivity index is 1.73. The molecule has 2 nitrogen and oxygen atoms in total. The van der Waals surface area contributed by atoms with Crippen molar-refractivity contribution in [2.45, 2.75) is 58.5 Å². The molecule has 3 rings (SSSR count). The van der Waals surface area contributed by atoms with Gasteiger partial charge in [0.1, 0.15) is 5.75 Å². The highest BCUT2D eigenvalue weighted by atomic mass is 16.5. The summed E-state index contributed by atoms with van der Waals surface area (Å²) in [7, 11) is 0. The molecule has 2 aliphatic rings. The molecule has 2 aliphatic carbocycles. The number of fused-ring (bicyclic) bond motifs is 1. The number of ether oxygens (including phenoxy) is 1. The first-order valence-electron chi connectivity index (χ1n) is 7.94. The molecule has 0 aliphatic heterocycles. The summed E-state index contributed by atoms with van der Waals surface area (Å²) in [4.78, 5) is 11.8. The maximum absolute atomic E-state index is 11.8. The Morgan fingerprint density at radius 1 is 1.05 bits per heavy atom. The van der Waals surface area contributed by atoms with Crippen molar-refractivity contribution in [3.05, 3.63) is 29.3 Å². The van der Waals surface area contributed by atoms with Gasteiger partial charge < -0.3 is 4.74 Å². The van der Waals surface area contributed by atoms with Crippen LogP contribution in [-0.2, 0) is 6.42 Å². The predicted octanol–water partition coefficient (Wildman–Crippen LogP) is 4.41. The van der Waals surface area contributed by atoms with Gasteiger partial charge in [-0.1, -0.05) is 13.8 Å². The molecule has 0 N–H and O–H groups in total. The largest absolute Gasteiger partial charge is 0.490 e. The van der Waals surface area contributed by atoms with Crippen LogP contribution in [-0.4, -0.2) is 11.9 Å². The number of aryl methyl sites for hydroxylation is 1. The molecule has 0 radical (unpaired) electrons. The molecule has 0 aromatic heterocycles. The number of hydrogen-bond donors (Lipinski definition) is 0. The van der Waals surface area contributed by atoms with E-state index >= 15 is 0 Å². The van der Waals surface area contributed by atoms with E-state index in [9.17, 15) is 4.79 Å². The fourth-order valence-corrected chi connectivity index (χ4v) is 3.86. The third-order valence-electron chi connectivity index (χ3n) is 4.67. The van der Waals surface area contributed by atoms with E-state index in [2.05, 4.69) is 19.9 Å². The lowest BCUT2D eigenvalue weighted by Gasteiger charge is -2.32. The van der Waals surface area contributed by atoms with Crippen LogP contribution in [0.25, 0.3) is 0 Å². The molecule has 108 valence electrons. The van der Waals surface area contributed by atoms with Crippen molar-refractivity contribution in [3.63, 3.8) is 0 Å². The number of benzene rings is 1. The van der Waals surface area contributed by atoms with E-state index in [0.29, 0.717) is 12.5 Å². The van der Waals surface area contributed by atoms with Crippen molar-refractivity contribution < 1.29 is 9.53 Å². The zero-order valence-corrected chi connectivity index (χ0v) is 12.5. The predicted molar refractivity (Wildman–Crippen MR) is 80.3 cm³/mol. The Labute approximate surface area is 121 Å². The second-order valence-corrected chi connectivity index (χ2v) is 6.75. The highest BCUT2D eigenvalue weighted by molar-refractivity contribution is 5.98. The first-order valence-corrected chi connectivity index (χ1v) is 7.94. The monoisotopic (exact) mass is 272 g/mol. The van der Waals surface area contributed by atoms with Crippen LogP contribution in [0.2, 0.25) is 0 Å². The summed E-state index contributed by atoms with van der Waals surface area (Å²) >= 11 is 0. The maximum Gasteiger partial charge on any atom is 0.163 e. The van der Waals surface area contributed by atoms with E-state index in [1.165, 1.54) is 12.0 Å². The zero-order valence-electron chi connectivity index (χ0n) is 12.5. The second-order valence-electron chi connectivity index (χ2n) is 6.75. The minimum atomic E-state index is 0.290. The molecule has 0 spiro atoms. The number of carbonyl (C=O) groups excluding carboxylic acids is 1. The lowest BCUT2D eigenvalue weighted by atomic mass is 9.82. The Morgan fingerprint density at radius 3 is 2.55 bits per heavy atom. The molecule has 2 atom stereocenters. The van der Waals surface area contributed by atoms with Gasteiger partial charge in [-0.15, -0.1) is 0 Å². The van der Waals surface area contributed by atoms with Crippen LogP contribution in [0.15, 0.2) is 18.2 Å². The number of carbonyl (C=O) groups is 1. The van der Waals surface area contributed by atoms with Crippen LogP contribution >= 0.6 is 0 Å². The smallest absolute Gasteiger partial charge is 0.163 e. The fourth-order valence-electron chi connectivity index (χ4n) is 3.86. The number of hydrogen-bond acceptors (Lipinski definition) is 2. The van der Waals surface area contributed by atoms with Gasteiger partial charge >= 0.3 is 0 Å². The molecule has 1 saturated carbocycles. The third kappa shape index (κ3) is 2.89. The molecule has 0 saturated heterocycles. The normalized spacial score (nSPS) is 29.9. The quantitative estimate of drug-likeness (QED) is 0.797. The number of Topliss-reactive ketones (excluding diaryl/α,β-unsaturated/α-hetero) is 1. The molecule has 20 heavy (non-hydrogen) atoms. The van der Waals surface area contributed by atoms with E-state index in [0.717, 1.165) is 48.8 Å². The van der Waals surface area contributed by atoms with E-state index < -0.39 is 0 Å². The van der Waals surface area contributed by atoms with E-state index in [1.54, 1.807) is 0 Å². The summed E-state index contributed by atoms with van der Waals surface area (Å²) in [6.07, 6.45) is 6.65. The van der Waals surface area contributed by atoms with E-state index in [4.69, 9.17) is 4.74 Å². The van der Waals surface area contributed by atoms with Crippen LogP contribution in [0.5, 0.6) is 5.75 Å². The van der Waals surface area contributed by atoms with Gasteiger partial charge in [0.15, 0.2) is 5.78 Å². The topological polar surface area (TPSA) is 26.3 Å². The van der Waals surface area contributed by atoms with Gasteiger partial charge in [-0.05, 0) is 67.7 Å². The van der Waals surface area contributed by atoms with Crippen molar-refractivity contribution >= 4 is 5.78 Å². The zero-order chi connectivity index (χ0) is 14.1. The Bertz CT molecular complexity index is 496. The van der Waals surface area contributed by atoms with Crippen molar-refractivity contribution in [2.75, 3.05) is 0 Å². The van der Waals surface area contributed by atoms with Gasteiger partial charge in [0.25, 0.3) is 0 Å². The van der Waals surface area contributed by atoms with Gasteiger partial charge in [-0.3, -0.25) is 4.79 Å². The van der Waals surface area contributed by atoms with E-state index in [1.807, 2.05) is 12.1 Å². The van der Waals surface area contributed by atoms with Crippen LogP contribution in [0.3, 0.4) is 0 Å². The Morgan fingerprint density at radius 2 is 1.80 bits per heavy atom. The Kier molecular flexibility index (Phi) is 3.82. The van der Waals surface area contributed by atoms with Crippen LogP contribution < -0.4 is 4.74 Å². The summed E-state index contributed by atoms with van der Waals surface area (Å²) in [5.41, 5.74) is 2.09. The first-order chi connectivity index (χ1) is 9.61. The molecule has 2 heteroatoms. The minimum absolute atomic E-state index is 0.290. The molecule has 2 unspecified atom stereocenters. The van der Waals surface area contributed by atoms with Gasteiger partial charge in [0.05, 0.1) is 6.10 Å². The highest BCUT2D eigenvalue weighted by Gasteiger charge is 2.25. The molecule has 1 fully saturated rings. The molecular formula is C18H24O2. The summed E-state index contributed by atoms with van der Waals surface area (Å²) in [5, 5.41) is 0. The van der Waals surface area contributed by atoms with Crippen LogP contribution in [0.1, 0.15) is 61.9 Å². The summed E-state index contributed by atoms with van der Waals surface area (Å²) in [6, 6.07) is 6.03. The second kappa shape index (κ2) is 5.59. The molecule has 1 aromatic carbocycles. The number of rotatable bonds is 2. The standard InChI is InChI=1S/C18H24O2/c1-12-8-13(2)10-16(9-12)20-15-6-7-17-14(11-15)4-3-5-18(17)19/h6-7,11-13,16H,3-5,8-10H2,1-2H3. The lowest BCUT2D eigenvalue weighted by Crippen LogP contribution is -2.28. The van der Waals surface area contributed by atoms with Gasteiger partial charge in [-0.2, -0.15) is 0 Å². The first kappa shape index (κ1) is 13.7. The molecule has 0 amide bonds. The van der Waals surface area contributed by atoms with Gasteiger partial charge in [-0.25, -0.2) is 0 Å². The SMILES string of the molecule is CC1CC(C)CC(Oc2ccc3c(c2)CCCC3=O)C1. The summed E-state index contributed by atoms with van der Waals surface area (Å²) in [6.45, 7) is 4.63. The highest BCUT2D eigenvalue weighted by Crippen LogP contribution is 2.32. The average molecular weight is 272 g/mol. The van der Waals surface area contributed by atoms with Crippen molar-refractivity contribution in [1.82, 2.24) is 0 Å². The molecule has 0 heterocycles. The van der Waals surface area contributed by atoms with Crippen molar-refractivity contribution in [1.29, 1.82) is 0 Å². The van der Waals surface area contributed by atoms with Gasteiger partial charge in [0.2, 0.25) is 0 Å². The average Bonchev–Trinajstić information content (AvgIpc) is 2.37. The number of ketones is 1. The maximum atomic E-state index is 11.8. The van der Waals surface area contributed by atoms with Gasteiger partial charge in [0, 0.05) is 12.0 Å². The van der Waals surface area contributed by atoms with Crippen LogP contribution in [0, 0.1) is 11.8 Å². The van der Waals surface area contributed by atoms with Crippen molar-refractivity contribution in [3.8, 4) is 5.75 Å². The third-order valence-corrected chi connectivity index (χ3v) is 4.67. The van der Waals surface area contributed by atoms with Crippen LogP contribution in [0.4, 0.5) is 0 Å². The summed E-state index contributed by atoms with van der Waals surface area (Å²) in [5.74, 6) is 2.74. The lowest BCUT2D eigenvalue weighted by molar-refractivity contribution is 0.0970. The van der Waals surface area contributed by atoms with E-state index in [-0.39, 0.29) is 5.78 Å². The minimum Gasteiger partial charge on any atom is -0.490 e. The molecular weight excluding hydrogens is 248 g/mol. The Hall–Kier alpha value is -1.31. The fraction of sp³-hybridized carbons (Fsp3) is 0.611. The summed E-state index contributed by atoms with van der Waals surface area (Å²) < 4.78 is 6.19.